The third-order valence-electron chi connectivity index (χ3n) is 5.84. The van der Waals surface area contributed by atoms with E-state index in [4.69, 9.17) is 0 Å². The molecule has 1 atom stereocenters. The highest BCUT2D eigenvalue weighted by atomic mass is 16.2. The Morgan fingerprint density at radius 1 is 1.16 bits per heavy atom. The van der Waals surface area contributed by atoms with Crippen LogP contribution in [0.3, 0.4) is 0 Å². The summed E-state index contributed by atoms with van der Waals surface area (Å²) in [6.07, 6.45) is 13.8. The second-order valence-electron chi connectivity index (χ2n) is 7.52. The van der Waals surface area contributed by atoms with Crippen LogP contribution >= 0.6 is 0 Å². The molecule has 1 N–H and O–H groups in total. The molecule has 0 aromatic carbocycles. The maximum Gasteiger partial charge on any atom is 0.257 e. The normalized spacial score (nSPS) is 22.3. The van der Waals surface area contributed by atoms with E-state index in [0.717, 1.165) is 43.0 Å². The molecule has 6 heteroatoms. The van der Waals surface area contributed by atoms with Crippen LogP contribution in [-0.4, -0.2) is 43.6 Å². The van der Waals surface area contributed by atoms with Crippen molar-refractivity contribution in [1.29, 1.82) is 0 Å². The molecule has 3 heterocycles. The Hall–Kier alpha value is -2.11. The van der Waals surface area contributed by atoms with Crippen molar-refractivity contribution in [2.45, 2.75) is 56.8 Å². The molecule has 0 bridgehead atoms. The predicted molar refractivity (Wildman–Crippen MR) is 95.5 cm³/mol. The number of carbonyl (C=O) groups is 1. The second-order valence-corrected chi connectivity index (χ2v) is 7.52. The van der Waals surface area contributed by atoms with Gasteiger partial charge in [0.25, 0.3) is 5.91 Å². The molecule has 2 aliphatic rings. The van der Waals surface area contributed by atoms with Crippen LogP contribution in [0.25, 0.3) is 0 Å². The Morgan fingerprint density at radius 2 is 1.96 bits per heavy atom. The highest BCUT2D eigenvalue weighted by Crippen LogP contribution is 2.34. The zero-order chi connectivity index (χ0) is 17.2. The van der Waals surface area contributed by atoms with Crippen molar-refractivity contribution in [2.75, 3.05) is 13.1 Å². The lowest BCUT2D eigenvalue weighted by atomic mass is 9.85. The minimum atomic E-state index is 0.133. The van der Waals surface area contributed by atoms with Gasteiger partial charge in [-0.15, -0.1) is 0 Å². The van der Waals surface area contributed by atoms with E-state index in [1.54, 1.807) is 6.20 Å². The van der Waals surface area contributed by atoms with Gasteiger partial charge in [-0.3, -0.25) is 9.89 Å². The number of aryl methyl sites for hydroxylation is 1. The fourth-order valence-electron chi connectivity index (χ4n) is 4.48. The van der Waals surface area contributed by atoms with Crippen LogP contribution in [0, 0.1) is 0 Å². The summed E-state index contributed by atoms with van der Waals surface area (Å²) in [5.41, 5.74) is 1.84. The van der Waals surface area contributed by atoms with E-state index in [9.17, 15) is 4.79 Å². The van der Waals surface area contributed by atoms with Gasteiger partial charge in [0, 0.05) is 44.4 Å². The number of carbonyl (C=O) groups excluding carboxylic acids is 1. The van der Waals surface area contributed by atoms with E-state index in [1.165, 1.54) is 32.1 Å². The van der Waals surface area contributed by atoms with E-state index >= 15 is 0 Å². The first kappa shape index (κ1) is 16.4. The summed E-state index contributed by atoms with van der Waals surface area (Å²) in [6.45, 7) is 1.58. The van der Waals surface area contributed by atoms with Gasteiger partial charge in [0.2, 0.25) is 0 Å². The van der Waals surface area contributed by atoms with Crippen molar-refractivity contribution in [3.8, 4) is 0 Å². The van der Waals surface area contributed by atoms with Crippen LogP contribution in [0.2, 0.25) is 0 Å². The van der Waals surface area contributed by atoms with Gasteiger partial charge in [0.15, 0.2) is 0 Å². The molecular weight excluding hydrogens is 314 g/mol. The van der Waals surface area contributed by atoms with Crippen LogP contribution in [0.15, 0.2) is 18.6 Å². The molecule has 0 spiro atoms. The number of rotatable bonds is 3. The summed E-state index contributed by atoms with van der Waals surface area (Å²) in [4.78, 5) is 19.7. The molecule has 2 aromatic rings. The number of likely N-dealkylation sites (tertiary alicyclic amines) is 1. The third kappa shape index (κ3) is 3.22. The van der Waals surface area contributed by atoms with Crippen LogP contribution in [0.5, 0.6) is 0 Å². The van der Waals surface area contributed by atoms with E-state index in [1.807, 2.05) is 24.3 Å². The standard InChI is InChI=1S/C19H27N5O/c1-23-11-9-20-18(23)15-8-5-10-24(13-15)19(25)16-12-21-22-17(16)14-6-3-2-4-7-14/h9,11-12,14-15H,2-8,10,13H2,1H3,(H,21,22). The average molecular weight is 341 g/mol. The van der Waals surface area contributed by atoms with Gasteiger partial charge in [-0.1, -0.05) is 19.3 Å². The summed E-state index contributed by atoms with van der Waals surface area (Å²) in [5.74, 6) is 2.00. The van der Waals surface area contributed by atoms with Crippen LogP contribution < -0.4 is 0 Å². The number of hydrogen-bond donors (Lipinski definition) is 1. The quantitative estimate of drug-likeness (QED) is 0.932. The molecule has 4 rings (SSSR count). The summed E-state index contributed by atoms with van der Waals surface area (Å²) in [7, 11) is 2.03. The highest BCUT2D eigenvalue weighted by molar-refractivity contribution is 5.95. The zero-order valence-electron chi connectivity index (χ0n) is 14.9. The van der Waals surface area contributed by atoms with Crippen molar-refractivity contribution in [1.82, 2.24) is 24.6 Å². The molecule has 6 nitrogen and oxygen atoms in total. The number of amides is 1. The molecule has 134 valence electrons. The summed E-state index contributed by atoms with van der Waals surface area (Å²) in [6, 6.07) is 0. The van der Waals surface area contributed by atoms with Crippen molar-refractivity contribution in [2.24, 2.45) is 7.05 Å². The van der Waals surface area contributed by atoms with Gasteiger partial charge in [0.1, 0.15) is 5.82 Å². The maximum absolute atomic E-state index is 13.2. The number of imidazole rings is 1. The number of aromatic amines is 1. The molecule has 1 aliphatic heterocycles. The number of hydrogen-bond acceptors (Lipinski definition) is 3. The van der Waals surface area contributed by atoms with Crippen LogP contribution in [0.4, 0.5) is 0 Å². The number of H-pyrrole nitrogens is 1. The first-order chi connectivity index (χ1) is 12.2. The predicted octanol–water partition coefficient (Wildman–Crippen LogP) is 3.21. The molecule has 2 fully saturated rings. The number of nitrogens with one attached hydrogen (secondary N) is 1. The summed E-state index contributed by atoms with van der Waals surface area (Å²) >= 11 is 0. The molecule has 0 radical (unpaired) electrons. The average Bonchev–Trinajstić information content (AvgIpc) is 3.31. The molecule has 1 amide bonds. The lowest BCUT2D eigenvalue weighted by molar-refractivity contribution is 0.0701. The van der Waals surface area contributed by atoms with Crippen molar-refractivity contribution in [3.05, 3.63) is 35.7 Å². The fourth-order valence-corrected chi connectivity index (χ4v) is 4.48. The van der Waals surface area contributed by atoms with Gasteiger partial charge < -0.3 is 9.47 Å². The SMILES string of the molecule is Cn1ccnc1C1CCCN(C(=O)c2cn[nH]c2C2CCCCC2)C1. The Kier molecular flexibility index (Phi) is 4.59. The Labute approximate surface area is 148 Å². The number of piperidine rings is 1. The van der Waals surface area contributed by atoms with Gasteiger partial charge in [-0.2, -0.15) is 5.10 Å². The first-order valence-corrected chi connectivity index (χ1v) is 9.54. The van der Waals surface area contributed by atoms with E-state index < -0.39 is 0 Å². The number of aromatic nitrogens is 4. The highest BCUT2D eigenvalue weighted by Gasteiger charge is 2.31. The molecule has 1 saturated carbocycles. The van der Waals surface area contributed by atoms with Gasteiger partial charge in [-0.05, 0) is 25.7 Å². The fraction of sp³-hybridized carbons (Fsp3) is 0.632. The second kappa shape index (κ2) is 7.02. The molecule has 1 saturated heterocycles. The molecule has 2 aromatic heterocycles. The van der Waals surface area contributed by atoms with Crippen molar-refractivity contribution in [3.63, 3.8) is 0 Å². The zero-order valence-corrected chi connectivity index (χ0v) is 14.9. The maximum atomic E-state index is 13.2. The molecule has 1 aliphatic carbocycles. The summed E-state index contributed by atoms with van der Waals surface area (Å²) in [5, 5.41) is 7.34. The van der Waals surface area contributed by atoms with Crippen LogP contribution in [0.1, 0.15) is 78.7 Å². The van der Waals surface area contributed by atoms with Crippen molar-refractivity contribution >= 4 is 5.91 Å². The first-order valence-electron chi connectivity index (χ1n) is 9.54. The lowest BCUT2D eigenvalue weighted by Gasteiger charge is -2.33. The third-order valence-corrected chi connectivity index (χ3v) is 5.84. The Morgan fingerprint density at radius 3 is 2.72 bits per heavy atom. The summed E-state index contributed by atoms with van der Waals surface area (Å²) < 4.78 is 2.07. The molecule has 1 unspecified atom stereocenters. The van der Waals surface area contributed by atoms with Crippen molar-refractivity contribution < 1.29 is 4.79 Å². The minimum absolute atomic E-state index is 0.133. The van der Waals surface area contributed by atoms with Gasteiger partial charge in [0.05, 0.1) is 17.5 Å². The van der Waals surface area contributed by atoms with Crippen LogP contribution in [-0.2, 0) is 7.05 Å². The monoisotopic (exact) mass is 341 g/mol. The topological polar surface area (TPSA) is 66.8 Å². The van der Waals surface area contributed by atoms with E-state index in [2.05, 4.69) is 19.7 Å². The smallest absolute Gasteiger partial charge is 0.257 e. The molecule has 25 heavy (non-hydrogen) atoms. The Balaban J connectivity index is 1.51. The lowest BCUT2D eigenvalue weighted by Crippen LogP contribution is -2.40. The minimum Gasteiger partial charge on any atom is -0.338 e. The van der Waals surface area contributed by atoms with Gasteiger partial charge >= 0.3 is 0 Å². The largest absolute Gasteiger partial charge is 0.338 e. The number of nitrogens with zero attached hydrogens (tertiary/aromatic N) is 4. The Bertz CT molecular complexity index is 728. The van der Waals surface area contributed by atoms with Gasteiger partial charge in [-0.25, -0.2) is 4.98 Å². The van der Waals surface area contributed by atoms with E-state index in [0.29, 0.717) is 11.8 Å². The molecular formula is C19H27N5O. The van der Waals surface area contributed by atoms with E-state index in [-0.39, 0.29) is 5.91 Å².